The Balaban J connectivity index is 1.60. The first-order valence-corrected chi connectivity index (χ1v) is 7.79. The Hall–Kier alpha value is -1.81. The second kappa shape index (κ2) is 6.31. The molecule has 1 fully saturated rings. The van der Waals surface area contributed by atoms with Gasteiger partial charge in [-0.15, -0.1) is 0 Å². The summed E-state index contributed by atoms with van der Waals surface area (Å²) in [6, 6.07) is 7.96. The number of anilines is 2. The summed E-state index contributed by atoms with van der Waals surface area (Å²) >= 11 is 0. The molecule has 112 valence electrons. The maximum absolute atomic E-state index is 5.82. The van der Waals surface area contributed by atoms with Gasteiger partial charge in [-0.3, -0.25) is 4.98 Å². The Morgan fingerprint density at radius 3 is 2.90 bits per heavy atom. The lowest BCUT2D eigenvalue weighted by atomic mass is 9.94. The number of aromatic nitrogens is 1. The molecule has 1 aliphatic heterocycles. The molecule has 0 amide bonds. The molecular formula is C17H24N4. The van der Waals surface area contributed by atoms with Crippen LogP contribution in [-0.2, 0) is 0 Å². The van der Waals surface area contributed by atoms with Crippen LogP contribution in [0.4, 0.5) is 11.4 Å². The lowest BCUT2D eigenvalue weighted by molar-refractivity contribution is 0.215. The number of nitrogen functional groups attached to an aromatic ring is 1. The standard InChI is InChI=1S/C17H24N4/c1-21-10-6-13(7-11-21)4-8-19-16-5-9-20-17-12-14(18)2-3-15(16)17/h2-3,5,9,12-13H,4,6-8,10-11,18H2,1H3,(H,19,20). The van der Waals surface area contributed by atoms with E-state index in [9.17, 15) is 0 Å². The van der Waals surface area contributed by atoms with E-state index in [1.165, 1.54) is 32.4 Å². The first-order valence-electron chi connectivity index (χ1n) is 7.79. The van der Waals surface area contributed by atoms with Crippen LogP contribution in [0.1, 0.15) is 19.3 Å². The fraction of sp³-hybridized carbons (Fsp3) is 0.471. The van der Waals surface area contributed by atoms with Gasteiger partial charge < -0.3 is 16.0 Å². The highest BCUT2D eigenvalue weighted by Crippen LogP contribution is 2.24. The fourth-order valence-electron chi connectivity index (χ4n) is 3.08. The van der Waals surface area contributed by atoms with E-state index in [-0.39, 0.29) is 0 Å². The van der Waals surface area contributed by atoms with E-state index in [0.29, 0.717) is 0 Å². The number of piperidine rings is 1. The number of nitrogens with zero attached hydrogens (tertiary/aromatic N) is 2. The average molecular weight is 284 g/mol. The normalized spacial score (nSPS) is 17.2. The maximum atomic E-state index is 5.82. The van der Waals surface area contributed by atoms with E-state index in [1.807, 2.05) is 24.4 Å². The van der Waals surface area contributed by atoms with Crippen molar-refractivity contribution in [3.63, 3.8) is 0 Å². The molecule has 0 bridgehead atoms. The van der Waals surface area contributed by atoms with Crippen LogP contribution in [0.3, 0.4) is 0 Å². The van der Waals surface area contributed by atoms with Crippen LogP contribution in [0.25, 0.3) is 10.9 Å². The van der Waals surface area contributed by atoms with Crippen molar-refractivity contribution < 1.29 is 0 Å². The second-order valence-electron chi connectivity index (χ2n) is 6.10. The third kappa shape index (κ3) is 3.45. The molecule has 1 saturated heterocycles. The third-order valence-corrected chi connectivity index (χ3v) is 4.47. The topological polar surface area (TPSA) is 54.2 Å². The van der Waals surface area contributed by atoms with Gasteiger partial charge in [-0.25, -0.2) is 0 Å². The number of nitrogens with one attached hydrogen (secondary N) is 1. The Bertz CT molecular complexity index is 603. The molecule has 1 aromatic carbocycles. The zero-order valence-electron chi connectivity index (χ0n) is 12.7. The summed E-state index contributed by atoms with van der Waals surface area (Å²) in [6.45, 7) is 3.50. The number of pyridine rings is 1. The van der Waals surface area contributed by atoms with Crippen molar-refractivity contribution in [1.82, 2.24) is 9.88 Å². The third-order valence-electron chi connectivity index (χ3n) is 4.47. The number of fused-ring (bicyclic) bond motifs is 1. The van der Waals surface area contributed by atoms with E-state index in [4.69, 9.17) is 5.73 Å². The quantitative estimate of drug-likeness (QED) is 0.848. The predicted octanol–water partition coefficient (Wildman–Crippen LogP) is 2.96. The molecule has 0 radical (unpaired) electrons. The molecule has 2 heterocycles. The van der Waals surface area contributed by atoms with Gasteiger partial charge in [0, 0.05) is 29.5 Å². The summed E-state index contributed by atoms with van der Waals surface area (Å²) in [7, 11) is 2.21. The fourth-order valence-corrected chi connectivity index (χ4v) is 3.08. The van der Waals surface area contributed by atoms with Crippen molar-refractivity contribution in [2.75, 3.05) is 37.7 Å². The van der Waals surface area contributed by atoms with Gasteiger partial charge in [0.1, 0.15) is 0 Å². The van der Waals surface area contributed by atoms with E-state index in [1.54, 1.807) is 0 Å². The number of rotatable bonds is 4. The van der Waals surface area contributed by atoms with E-state index >= 15 is 0 Å². The van der Waals surface area contributed by atoms with E-state index in [2.05, 4.69) is 28.3 Å². The lowest BCUT2D eigenvalue weighted by Crippen LogP contribution is -2.30. The van der Waals surface area contributed by atoms with Crippen molar-refractivity contribution in [2.24, 2.45) is 5.92 Å². The number of hydrogen-bond donors (Lipinski definition) is 2. The SMILES string of the molecule is CN1CCC(CCNc2ccnc3cc(N)ccc23)CC1. The molecule has 2 aromatic rings. The Morgan fingerprint density at radius 2 is 2.10 bits per heavy atom. The maximum Gasteiger partial charge on any atom is 0.0743 e. The van der Waals surface area contributed by atoms with Gasteiger partial charge in [0.15, 0.2) is 0 Å². The van der Waals surface area contributed by atoms with Crippen LogP contribution in [0.15, 0.2) is 30.5 Å². The smallest absolute Gasteiger partial charge is 0.0743 e. The van der Waals surface area contributed by atoms with Crippen LogP contribution in [0.2, 0.25) is 0 Å². The summed E-state index contributed by atoms with van der Waals surface area (Å²) in [5.74, 6) is 0.859. The van der Waals surface area contributed by atoms with Gasteiger partial charge in [-0.05, 0) is 69.6 Å². The average Bonchev–Trinajstić information content (AvgIpc) is 2.49. The first-order chi connectivity index (χ1) is 10.2. The summed E-state index contributed by atoms with van der Waals surface area (Å²) in [5, 5.41) is 4.72. The van der Waals surface area contributed by atoms with E-state index in [0.717, 1.165) is 34.7 Å². The van der Waals surface area contributed by atoms with Gasteiger partial charge in [-0.1, -0.05) is 0 Å². The minimum atomic E-state index is 0.762. The van der Waals surface area contributed by atoms with E-state index < -0.39 is 0 Å². The molecule has 1 aromatic heterocycles. The van der Waals surface area contributed by atoms with Crippen LogP contribution < -0.4 is 11.1 Å². The number of nitrogens with two attached hydrogens (primary N) is 1. The molecule has 1 aliphatic rings. The number of benzene rings is 1. The highest BCUT2D eigenvalue weighted by Gasteiger charge is 2.16. The molecule has 4 heteroatoms. The highest BCUT2D eigenvalue weighted by atomic mass is 15.1. The van der Waals surface area contributed by atoms with Crippen molar-refractivity contribution >= 4 is 22.3 Å². The van der Waals surface area contributed by atoms with Crippen LogP contribution in [0.5, 0.6) is 0 Å². The molecule has 3 rings (SSSR count). The van der Waals surface area contributed by atoms with Gasteiger partial charge in [0.2, 0.25) is 0 Å². The van der Waals surface area contributed by atoms with Gasteiger partial charge >= 0.3 is 0 Å². The van der Waals surface area contributed by atoms with Crippen molar-refractivity contribution in [3.8, 4) is 0 Å². The van der Waals surface area contributed by atoms with Gasteiger partial charge in [0.05, 0.1) is 5.52 Å². The minimum absolute atomic E-state index is 0.762. The number of hydrogen-bond acceptors (Lipinski definition) is 4. The largest absolute Gasteiger partial charge is 0.399 e. The molecule has 4 nitrogen and oxygen atoms in total. The van der Waals surface area contributed by atoms with Crippen molar-refractivity contribution in [2.45, 2.75) is 19.3 Å². The second-order valence-corrected chi connectivity index (χ2v) is 6.10. The molecule has 0 atom stereocenters. The zero-order chi connectivity index (χ0) is 14.7. The summed E-state index contributed by atoms with van der Waals surface area (Å²) in [4.78, 5) is 6.80. The molecule has 3 N–H and O–H groups in total. The molecule has 0 aliphatic carbocycles. The summed E-state index contributed by atoms with van der Waals surface area (Å²) < 4.78 is 0. The van der Waals surface area contributed by atoms with Crippen LogP contribution in [0, 0.1) is 5.92 Å². The molecule has 0 spiro atoms. The van der Waals surface area contributed by atoms with Gasteiger partial charge in [-0.2, -0.15) is 0 Å². The summed E-state index contributed by atoms with van der Waals surface area (Å²) in [5.41, 5.74) is 8.70. The van der Waals surface area contributed by atoms with Crippen molar-refractivity contribution in [3.05, 3.63) is 30.5 Å². The van der Waals surface area contributed by atoms with Crippen LogP contribution in [-0.4, -0.2) is 36.6 Å². The van der Waals surface area contributed by atoms with Crippen molar-refractivity contribution in [1.29, 1.82) is 0 Å². The predicted molar refractivity (Wildman–Crippen MR) is 89.5 cm³/mol. The van der Waals surface area contributed by atoms with Crippen LogP contribution >= 0.6 is 0 Å². The number of likely N-dealkylation sites (tertiary alicyclic amines) is 1. The Morgan fingerprint density at radius 1 is 1.29 bits per heavy atom. The molecule has 0 saturated carbocycles. The molecular weight excluding hydrogens is 260 g/mol. The first kappa shape index (κ1) is 14.1. The Kier molecular flexibility index (Phi) is 4.25. The monoisotopic (exact) mass is 284 g/mol. The minimum Gasteiger partial charge on any atom is -0.399 e. The van der Waals surface area contributed by atoms with Gasteiger partial charge in [0.25, 0.3) is 0 Å². The molecule has 0 unspecified atom stereocenters. The summed E-state index contributed by atoms with van der Waals surface area (Å²) in [6.07, 6.45) is 5.74. The zero-order valence-corrected chi connectivity index (χ0v) is 12.7. The lowest BCUT2D eigenvalue weighted by Gasteiger charge is -2.29. The highest BCUT2D eigenvalue weighted by molar-refractivity contribution is 5.92. The molecule has 21 heavy (non-hydrogen) atoms. The Labute approximate surface area is 126 Å².